The van der Waals surface area contributed by atoms with Crippen molar-refractivity contribution < 1.29 is 29.0 Å². The first-order valence-electron chi connectivity index (χ1n) is 10.1. The molecule has 0 saturated carbocycles. The molecule has 0 bridgehead atoms. The molecule has 0 saturated heterocycles. The minimum absolute atomic E-state index is 0.000629. The summed E-state index contributed by atoms with van der Waals surface area (Å²) in [5, 5.41) is 11.3. The highest BCUT2D eigenvalue weighted by Gasteiger charge is 2.30. The van der Waals surface area contributed by atoms with Crippen LogP contribution in [-0.4, -0.2) is 42.4 Å². The maximum Gasteiger partial charge on any atom is 0.407 e. The molecule has 7 nitrogen and oxygen atoms in total. The average molecular weight is 423 g/mol. The summed E-state index contributed by atoms with van der Waals surface area (Å²) in [7, 11) is 0. The Morgan fingerprint density at radius 2 is 1.65 bits per heavy atom. The van der Waals surface area contributed by atoms with Crippen LogP contribution in [0.2, 0.25) is 0 Å². The van der Waals surface area contributed by atoms with Gasteiger partial charge in [-0.05, 0) is 35.1 Å². The maximum absolute atomic E-state index is 12.4. The molecule has 1 aliphatic rings. The molecule has 2 N–H and O–H groups in total. The molecule has 31 heavy (non-hydrogen) atoms. The lowest BCUT2D eigenvalue weighted by molar-refractivity contribution is -0.145. The van der Waals surface area contributed by atoms with Crippen molar-refractivity contribution in [3.05, 3.63) is 72.3 Å². The second-order valence-electron chi connectivity index (χ2n) is 7.23. The third-order valence-electron chi connectivity index (χ3n) is 5.15. The summed E-state index contributed by atoms with van der Waals surface area (Å²) in [6, 6.07) is 15.0. The molecule has 0 aliphatic heterocycles. The zero-order valence-corrected chi connectivity index (χ0v) is 17.1. The Labute approximate surface area is 180 Å². The van der Waals surface area contributed by atoms with Crippen molar-refractivity contribution in [2.45, 2.75) is 31.2 Å². The fourth-order valence-corrected chi connectivity index (χ4v) is 3.73. The van der Waals surface area contributed by atoms with Gasteiger partial charge in [0.25, 0.3) is 0 Å². The summed E-state index contributed by atoms with van der Waals surface area (Å²) in [6.07, 6.45) is 0.897. The number of alkyl carbamates (subject to hydrolysis) is 1. The molecule has 0 fully saturated rings. The minimum Gasteiger partial charge on any atom is -0.481 e. The average Bonchev–Trinajstić information content (AvgIpc) is 3.09. The lowest BCUT2D eigenvalue weighted by Gasteiger charge is -2.19. The Kier molecular flexibility index (Phi) is 7.43. The molecule has 0 radical (unpaired) electrons. The number of benzene rings is 2. The summed E-state index contributed by atoms with van der Waals surface area (Å²) in [5.41, 5.74) is 4.40. The fourth-order valence-electron chi connectivity index (χ4n) is 3.73. The zero-order chi connectivity index (χ0) is 22.2. The van der Waals surface area contributed by atoms with Crippen molar-refractivity contribution in [3.8, 4) is 11.1 Å². The number of carboxylic acid groups (broad SMARTS) is 1. The number of carboxylic acids is 1. The number of ether oxygens (including phenoxy) is 2. The number of carbonyl (C=O) groups excluding carboxylic acids is 2. The normalized spacial score (nSPS) is 12.9. The maximum atomic E-state index is 12.4. The zero-order valence-electron chi connectivity index (χ0n) is 17.1. The van der Waals surface area contributed by atoms with Gasteiger partial charge in [0.1, 0.15) is 19.3 Å². The van der Waals surface area contributed by atoms with Gasteiger partial charge < -0.3 is 19.9 Å². The van der Waals surface area contributed by atoms with Crippen molar-refractivity contribution in [2.24, 2.45) is 0 Å². The van der Waals surface area contributed by atoms with Crippen LogP contribution in [0.1, 0.15) is 36.3 Å². The Balaban J connectivity index is 1.63. The predicted molar refractivity (Wildman–Crippen MR) is 115 cm³/mol. The predicted octanol–water partition coefficient (Wildman–Crippen LogP) is 3.88. The summed E-state index contributed by atoms with van der Waals surface area (Å²) >= 11 is 0. The monoisotopic (exact) mass is 423 g/mol. The summed E-state index contributed by atoms with van der Waals surface area (Å²) < 4.78 is 10.5. The van der Waals surface area contributed by atoms with Crippen LogP contribution in [0, 0.1) is 0 Å². The quantitative estimate of drug-likeness (QED) is 0.444. The van der Waals surface area contributed by atoms with Crippen LogP contribution in [0.25, 0.3) is 11.1 Å². The largest absolute Gasteiger partial charge is 0.481 e. The number of carbonyl (C=O) groups is 3. The van der Waals surface area contributed by atoms with Gasteiger partial charge in [0.05, 0.1) is 0 Å². The van der Waals surface area contributed by atoms with Crippen molar-refractivity contribution in [1.29, 1.82) is 0 Å². The van der Waals surface area contributed by atoms with Crippen LogP contribution in [0.4, 0.5) is 4.79 Å². The van der Waals surface area contributed by atoms with Gasteiger partial charge in [0.2, 0.25) is 0 Å². The van der Waals surface area contributed by atoms with Gasteiger partial charge in [-0.25, -0.2) is 9.59 Å². The number of aliphatic carboxylic acids is 1. The van der Waals surface area contributed by atoms with Crippen LogP contribution in [0.5, 0.6) is 0 Å². The molecule has 7 heteroatoms. The third-order valence-corrected chi connectivity index (χ3v) is 5.15. The molecule has 0 aromatic heterocycles. The Hall–Kier alpha value is -3.61. The fraction of sp³-hybridized carbons (Fsp3) is 0.292. The third kappa shape index (κ3) is 5.51. The molecular formula is C24H25NO6. The number of esters is 1. The van der Waals surface area contributed by atoms with Gasteiger partial charge in [0, 0.05) is 12.3 Å². The molecule has 1 aliphatic carbocycles. The lowest BCUT2D eigenvalue weighted by Crippen LogP contribution is -2.42. The van der Waals surface area contributed by atoms with E-state index in [2.05, 4.69) is 11.9 Å². The number of hydrogen-bond acceptors (Lipinski definition) is 5. The first-order valence-corrected chi connectivity index (χ1v) is 10.1. The number of rotatable bonds is 10. The van der Waals surface area contributed by atoms with Crippen LogP contribution in [0.3, 0.4) is 0 Å². The highest BCUT2D eigenvalue weighted by atomic mass is 16.6. The topological polar surface area (TPSA) is 102 Å². The van der Waals surface area contributed by atoms with E-state index in [-0.39, 0.29) is 38.4 Å². The van der Waals surface area contributed by atoms with Gasteiger partial charge >= 0.3 is 18.0 Å². The molecule has 0 heterocycles. The van der Waals surface area contributed by atoms with E-state index in [1.807, 2.05) is 48.5 Å². The Morgan fingerprint density at radius 1 is 1.03 bits per heavy atom. The molecule has 2 aromatic carbocycles. The van der Waals surface area contributed by atoms with E-state index in [4.69, 9.17) is 14.6 Å². The smallest absolute Gasteiger partial charge is 0.407 e. The second-order valence-corrected chi connectivity index (χ2v) is 7.23. The number of hydrogen-bond donors (Lipinski definition) is 2. The number of fused-ring (bicyclic) bond motifs is 3. The molecule has 0 spiro atoms. The van der Waals surface area contributed by atoms with Crippen LogP contribution < -0.4 is 5.32 Å². The van der Waals surface area contributed by atoms with E-state index in [9.17, 15) is 14.4 Å². The minimum atomic E-state index is -0.991. The van der Waals surface area contributed by atoms with Crippen LogP contribution in [0.15, 0.2) is 61.2 Å². The Bertz CT molecular complexity index is 925. The first-order chi connectivity index (χ1) is 15.0. The number of amides is 1. The highest BCUT2D eigenvalue weighted by molar-refractivity contribution is 5.82. The van der Waals surface area contributed by atoms with Crippen molar-refractivity contribution in [3.63, 3.8) is 0 Å². The molecule has 0 unspecified atom stereocenters. The molecule has 162 valence electrons. The highest BCUT2D eigenvalue weighted by Crippen LogP contribution is 2.44. The molecule has 1 atom stereocenters. The molecule has 3 rings (SSSR count). The summed E-state index contributed by atoms with van der Waals surface area (Å²) in [6.45, 7) is 3.60. The van der Waals surface area contributed by atoms with E-state index in [0.29, 0.717) is 0 Å². The SMILES string of the molecule is C=CCOC(=O)[C@H](CCCC(=O)O)NC(=O)OCC1c2ccccc2-c2ccccc21. The lowest BCUT2D eigenvalue weighted by atomic mass is 9.98. The second kappa shape index (κ2) is 10.4. The van der Waals surface area contributed by atoms with Gasteiger partial charge in [-0.15, -0.1) is 0 Å². The summed E-state index contributed by atoms with van der Waals surface area (Å²) in [5.74, 6) is -1.73. The van der Waals surface area contributed by atoms with Crippen molar-refractivity contribution >= 4 is 18.0 Å². The van der Waals surface area contributed by atoms with E-state index >= 15 is 0 Å². The Morgan fingerprint density at radius 3 is 2.23 bits per heavy atom. The van der Waals surface area contributed by atoms with E-state index < -0.39 is 24.1 Å². The molecular weight excluding hydrogens is 398 g/mol. The van der Waals surface area contributed by atoms with Crippen molar-refractivity contribution in [1.82, 2.24) is 5.32 Å². The summed E-state index contributed by atoms with van der Waals surface area (Å²) in [4.78, 5) is 35.4. The van der Waals surface area contributed by atoms with Gasteiger partial charge in [-0.1, -0.05) is 61.2 Å². The van der Waals surface area contributed by atoms with E-state index in [1.165, 1.54) is 6.08 Å². The standard InChI is InChI=1S/C24H25NO6/c1-2-14-30-23(28)21(12-7-13-22(26)27)25-24(29)31-15-20-18-10-5-3-8-16(18)17-9-4-6-11-19(17)20/h2-6,8-11,20-21H,1,7,12-15H2,(H,25,29)(H,26,27)/t21-/m0/s1. The van der Waals surface area contributed by atoms with Gasteiger partial charge in [0.15, 0.2) is 0 Å². The first kappa shape index (κ1) is 22.1. The van der Waals surface area contributed by atoms with Crippen LogP contribution in [-0.2, 0) is 19.1 Å². The van der Waals surface area contributed by atoms with E-state index in [0.717, 1.165) is 22.3 Å². The van der Waals surface area contributed by atoms with Crippen molar-refractivity contribution in [2.75, 3.05) is 13.2 Å². The van der Waals surface area contributed by atoms with Crippen LogP contribution >= 0.6 is 0 Å². The van der Waals surface area contributed by atoms with Gasteiger partial charge in [-0.3, -0.25) is 4.79 Å². The number of nitrogens with one attached hydrogen (secondary N) is 1. The van der Waals surface area contributed by atoms with E-state index in [1.54, 1.807) is 0 Å². The van der Waals surface area contributed by atoms with Gasteiger partial charge in [-0.2, -0.15) is 0 Å². The molecule has 1 amide bonds. The molecule has 2 aromatic rings.